The second-order valence-electron chi connectivity index (χ2n) is 6.64. The lowest BCUT2D eigenvalue weighted by Gasteiger charge is -2.33. The summed E-state index contributed by atoms with van der Waals surface area (Å²) >= 11 is 0. The molecule has 2 aliphatic rings. The molecule has 140 valence electrons. The highest BCUT2D eigenvalue weighted by atomic mass is 19.4. The number of alkyl halides is 3. The number of hydrogen-bond donors (Lipinski definition) is 0. The third-order valence-corrected chi connectivity index (χ3v) is 4.99. The Hall–Kier alpha value is -2.23. The number of aromatic nitrogens is 4. The second-order valence-corrected chi connectivity index (χ2v) is 6.64. The van der Waals surface area contributed by atoms with Crippen LogP contribution in [0.2, 0.25) is 0 Å². The molecule has 26 heavy (non-hydrogen) atoms. The maximum atomic E-state index is 13.3. The maximum Gasteiger partial charge on any atom is 0.433 e. The fourth-order valence-corrected chi connectivity index (χ4v) is 3.61. The van der Waals surface area contributed by atoms with Gasteiger partial charge >= 0.3 is 6.18 Å². The molecule has 4 heterocycles. The molecular weight excluding hydrogens is 351 g/mol. The van der Waals surface area contributed by atoms with Crippen molar-refractivity contribution in [3.8, 4) is 0 Å². The number of ether oxygens (including phenoxy) is 1. The number of likely N-dealkylation sites (tertiary alicyclic amines) is 1. The quantitative estimate of drug-likeness (QED) is 0.810. The van der Waals surface area contributed by atoms with Crippen LogP contribution in [0.4, 0.5) is 13.2 Å². The SMILES string of the molecule is O=C([C@H]1CCCO1)N1CCC(c2cc(C(F)(F)F)n3ncnc3n2)CC1. The molecule has 10 heteroatoms. The van der Waals surface area contributed by atoms with Crippen molar-refractivity contribution in [2.24, 2.45) is 0 Å². The van der Waals surface area contributed by atoms with Gasteiger partial charge in [0.2, 0.25) is 0 Å². The smallest absolute Gasteiger partial charge is 0.368 e. The summed E-state index contributed by atoms with van der Waals surface area (Å²) < 4.78 is 46.0. The Morgan fingerprint density at radius 2 is 2.00 bits per heavy atom. The predicted octanol–water partition coefficient (Wildman–Crippen LogP) is 2.03. The lowest BCUT2D eigenvalue weighted by Crippen LogP contribution is -2.43. The number of amides is 1. The van der Waals surface area contributed by atoms with Crippen LogP contribution in [0.5, 0.6) is 0 Å². The van der Waals surface area contributed by atoms with Crippen LogP contribution in [0.15, 0.2) is 12.4 Å². The van der Waals surface area contributed by atoms with Crippen LogP contribution in [0.1, 0.15) is 43.0 Å². The number of piperidine rings is 1. The number of carbonyl (C=O) groups is 1. The fraction of sp³-hybridized carbons (Fsp3) is 0.625. The highest BCUT2D eigenvalue weighted by Gasteiger charge is 2.37. The second kappa shape index (κ2) is 6.49. The highest BCUT2D eigenvalue weighted by Crippen LogP contribution is 2.33. The van der Waals surface area contributed by atoms with Gasteiger partial charge in [0.05, 0.1) is 0 Å². The molecule has 0 aliphatic carbocycles. The first-order valence-electron chi connectivity index (χ1n) is 8.62. The van der Waals surface area contributed by atoms with E-state index in [4.69, 9.17) is 4.74 Å². The first kappa shape index (κ1) is 17.2. The van der Waals surface area contributed by atoms with Crippen molar-refractivity contribution in [2.75, 3.05) is 19.7 Å². The molecule has 0 spiro atoms. The molecule has 1 amide bonds. The molecule has 4 rings (SSSR count). The predicted molar refractivity (Wildman–Crippen MR) is 83.3 cm³/mol. The molecule has 0 aromatic carbocycles. The number of nitrogens with zero attached hydrogens (tertiary/aromatic N) is 5. The Balaban J connectivity index is 1.51. The normalized spacial score (nSPS) is 22.3. The molecule has 7 nitrogen and oxygen atoms in total. The summed E-state index contributed by atoms with van der Waals surface area (Å²) in [6.45, 7) is 1.59. The zero-order valence-electron chi connectivity index (χ0n) is 13.9. The first-order chi connectivity index (χ1) is 12.4. The minimum atomic E-state index is -4.54. The lowest BCUT2D eigenvalue weighted by molar-refractivity contribution is -0.142. The highest BCUT2D eigenvalue weighted by molar-refractivity contribution is 5.81. The topological polar surface area (TPSA) is 72.6 Å². The Morgan fingerprint density at radius 1 is 1.23 bits per heavy atom. The monoisotopic (exact) mass is 369 g/mol. The zero-order chi connectivity index (χ0) is 18.3. The van der Waals surface area contributed by atoms with Gasteiger partial charge in [-0.15, -0.1) is 0 Å². The van der Waals surface area contributed by atoms with E-state index >= 15 is 0 Å². The first-order valence-corrected chi connectivity index (χ1v) is 8.62. The number of carbonyl (C=O) groups excluding carboxylic acids is 1. The molecule has 0 bridgehead atoms. The average molecular weight is 369 g/mol. The van der Waals surface area contributed by atoms with Gasteiger partial charge in [-0.1, -0.05) is 0 Å². The van der Waals surface area contributed by atoms with Crippen molar-refractivity contribution in [3.05, 3.63) is 23.8 Å². The van der Waals surface area contributed by atoms with E-state index < -0.39 is 11.9 Å². The van der Waals surface area contributed by atoms with Crippen LogP contribution < -0.4 is 0 Å². The standard InChI is InChI=1S/C16H18F3N5O2/c17-16(18,19)13-8-11(22-15-20-9-21-24(13)15)10-3-5-23(6-4-10)14(25)12-2-1-7-26-12/h8-10,12H,1-7H2/t12-/m1/s1. The molecule has 0 radical (unpaired) electrons. The van der Waals surface area contributed by atoms with E-state index in [0.717, 1.165) is 25.2 Å². The summed E-state index contributed by atoms with van der Waals surface area (Å²) in [5, 5.41) is 3.61. The van der Waals surface area contributed by atoms with E-state index in [2.05, 4.69) is 15.1 Å². The van der Waals surface area contributed by atoms with Gasteiger partial charge < -0.3 is 9.64 Å². The Kier molecular flexibility index (Phi) is 4.29. The molecule has 2 aromatic rings. The van der Waals surface area contributed by atoms with Gasteiger partial charge in [0.25, 0.3) is 11.7 Å². The molecule has 2 aliphatic heterocycles. The minimum absolute atomic E-state index is 0.0159. The van der Waals surface area contributed by atoms with Crippen LogP contribution in [-0.2, 0) is 15.7 Å². The Morgan fingerprint density at radius 3 is 2.65 bits per heavy atom. The maximum absolute atomic E-state index is 13.3. The summed E-state index contributed by atoms with van der Waals surface area (Å²) in [4.78, 5) is 22.2. The van der Waals surface area contributed by atoms with Gasteiger partial charge in [-0.2, -0.15) is 27.8 Å². The van der Waals surface area contributed by atoms with Crippen molar-refractivity contribution in [1.82, 2.24) is 24.5 Å². The minimum Gasteiger partial charge on any atom is -0.368 e. The third-order valence-electron chi connectivity index (χ3n) is 4.99. The van der Waals surface area contributed by atoms with Crippen molar-refractivity contribution in [3.63, 3.8) is 0 Å². The summed E-state index contributed by atoms with van der Waals surface area (Å²) in [5.41, 5.74) is -0.532. The summed E-state index contributed by atoms with van der Waals surface area (Å²) in [5.74, 6) is -0.225. The molecule has 1 atom stereocenters. The van der Waals surface area contributed by atoms with Crippen molar-refractivity contribution >= 4 is 11.7 Å². The third kappa shape index (κ3) is 3.13. The molecule has 0 unspecified atom stereocenters. The van der Waals surface area contributed by atoms with Gasteiger partial charge in [-0.25, -0.2) is 4.98 Å². The van der Waals surface area contributed by atoms with Crippen LogP contribution >= 0.6 is 0 Å². The van der Waals surface area contributed by atoms with Crippen LogP contribution in [0.25, 0.3) is 5.78 Å². The van der Waals surface area contributed by atoms with E-state index in [1.807, 2.05) is 0 Å². The van der Waals surface area contributed by atoms with E-state index in [0.29, 0.717) is 42.7 Å². The largest absolute Gasteiger partial charge is 0.433 e. The average Bonchev–Trinajstić information content (AvgIpc) is 3.31. The van der Waals surface area contributed by atoms with E-state index in [-0.39, 0.29) is 23.7 Å². The number of hydrogen-bond acceptors (Lipinski definition) is 5. The summed E-state index contributed by atoms with van der Waals surface area (Å²) in [6.07, 6.45) is -1.10. The van der Waals surface area contributed by atoms with Crippen molar-refractivity contribution in [1.29, 1.82) is 0 Å². The fourth-order valence-electron chi connectivity index (χ4n) is 3.61. The number of halogens is 3. The van der Waals surface area contributed by atoms with Crippen LogP contribution in [0, 0.1) is 0 Å². The summed E-state index contributed by atoms with van der Waals surface area (Å²) in [7, 11) is 0. The molecule has 2 fully saturated rings. The van der Waals surface area contributed by atoms with Gasteiger partial charge in [0.15, 0.2) is 5.69 Å². The summed E-state index contributed by atoms with van der Waals surface area (Å²) in [6, 6.07) is 1.05. The Bertz CT molecular complexity index is 808. The van der Waals surface area contributed by atoms with E-state index in [9.17, 15) is 18.0 Å². The van der Waals surface area contributed by atoms with Crippen LogP contribution in [0.3, 0.4) is 0 Å². The van der Waals surface area contributed by atoms with Gasteiger partial charge in [0.1, 0.15) is 12.4 Å². The molecule has 2 aromatic heterocycles. The van der Waals surface area contributed by atoms with Crippen molar-refractivity contribution < 1.29 is 22.7 Å². The van der Waals surface area contributed by atoms with E-state index in [1.165, 1.54) is 0 Å². The molecule has 0 N–H and O–H groups in total. The van der Waals surface area contributed by atoms with E-state index in [1.54, 1.807) is 4.90 Å². The number of rotatable bonds is 2. The molecular formula is C16H18F3N5O2. The van der Waals surface area contributed by atoms with Gasteiger partial charge in [-0.05, 0) is 31.7 Å². The Labute approximate surface area is 147 Å². The van der Waals surface area contributed by atoms with Gasteiger partial charge in [0, 0.05) is 31.3 Å². The van der Waals surface area contributed by atoms with Crippen LogP contribution in [-0.4, -0.2) is 56.2 Å². The van der Waals surface area contributed by atoms with Gasteiger partial charge in [-0.3, -0.25) is 4.79 Å². The molecule has 0 saturated carbocycles. The van der Waals surface area contributed by atoms with Crippen molar-refractivity contribution in [2.45, 2.75) is 43.9 Å². The molecule has 2 saturated heterocycles. The lowest BCUT2D eigenvalue weighted by atomic mass is 9.92. The number of fused-ring (bicyclic) bond motifs is 1. The zero-order valence-corrected chi connectivity index (χ0v) is 13.9.